The van der Waals surface area contributed by atoms with E-state index in [1.807, 2.05) is 42.5 Å². The molecule has 0 atom stereocenters. The van der Waals surface area contributed by atoms with Gasteiger partial charge in [0, 0.05) is 34.6 Å². The van der Waals surface area contributed by atoms with E-state index in [0.717, 1.165) is 16.5 Å². The van der Waals surface area contributed by atoms with E-state index in [9.17, 15) is 14.4 Å². The van der Waals surface area contributed by atoms with Crippen molar-refractivity contribution in [2.24, 2.45) is 0 Å². The Morgan fingerprint density at radius 1 is 0.730 bits per heavy atom. The third kappa shape index (κ3) is 7.81. The number of rotatable bonds is 10. The van der Waals surface area contributed by atoms with Crippen molar-refractivity contribution in [2.75, 3.05) is 17.2 Å². The zero-order valence-electron chi connectivity index (χ0n) is 19.9. The molecular weight excluding hydrogens is 492 g/mol. The van der Waals surface area contributed by atoms with Gasteiger partial charge in [-0.15, -0.1) is 0 Å². The molecule has 0 unspecified atom stereocenters. The highest BCUT2D eigenvalue weighted by molar-refractivity contribution is 6.30. The van der Waals surface area contributed by atoms with E-state index in [0.29, 0.717) is 28.6 Å². The summed E-state index contributed by atoms with van der Waals surface area (Å²) >= 11 is 5.87. The first-order valence-electron chi connectivity index (χ1n) is 11.7. The molecule has 7 nitrogen and oxygen atoms in total. The number of ether oxygens (including phenoxy) is 2. The molecule has 8 heteroatoms. The molecule has 0 saturated carbocycles. The number of fused-ring (bicyclic) bond motifs is 1. The fraction of sp³-hybridized carbons (Fsp3) is 0.138. The lowest BCUT2D eigenvalue weighted by Gasteiger charge is -2.10. The van der Waals surface area contributed by atoms with Crippen molar-refractivity contribution in [3.63, 3.8) is 0 Å². The molecule has 4 aromatic carbocycles. The number of nitrogens with one attached hydrogen (secondary N) is 2. The van der Waals surface area contributed by atoms with E-state index in [4.69, 9.17) is 21.1 Å². The van der Waals surface area contributed by atoms with Crippen LogP contribution in [0.2, 0.25) is 5.02 Å². The van der Waals surface area contributed by atoms with E-state index in [1.54, 1.807) is 48.5 Å². The van der Waals surface area contributed by atoms with Crippen molar-refractivity contribution in [3.05, 3.63) is 96.0 Å². The standard InChI is InChI=1S/C29H25ClN2O5/c30-21-8-4-9-23(18-21)32-28(34)19-36-29(35)13-5-12-27(33)31-22-14-16-24(17-15-22)37-26-11-3-7-20-6-1-2-10-25(20)26/h1-4,6-11,14-18H,5,12-13,19H2,(H,31,33)(H,32,34). The Hall–Kier alpha value is -4.36. The lowest BCUT2D eigenvalue weighted by Crippen LogP contribution is -2.21. The average Bonchev–Trinajstić information content (AvgIpc) is 2.89. The minimum atomic E-state index is -0.552. The Kier molecular flexibility index (Phi) is 8.73. The second-order valence-electron chi connectivity index (χ2n) is 8.22. The van der Waals surface area contributed by atoms with Crippen LogP contribution in [0.5, 0.6) is 11.5 Å². The van der Waals surface area contributed by atoms with Gasteiger partial charge in [-0.25, -0.2) is 0 Å². The van der Waals surface area contributed by atoms with Crippen LogP contribution in [0.1, 0.15) is 19.3 Å². The maximum Gasteiger partial charge on any atom is 0.306 e. The topological polar surface area (TPSA) is 93.7 Å². The first-order chi connectivity index (χ1) is 18.0. The minimum Gasteiger partial charge on any atom is -0.457 e. The van der Waals surface area contributed by atoms with Crippen molar-refractivity contribution in [2.45, 2.75) is 19.3 Å². The fourth-order valence-corrected chi connectivity index (χ4v) is 3.81. The van der Waals surface area contributed by atoms with E-state index in [1.165, 1.54) is 0 Å². The van der Waals surface area contributed by atoms with E-state index in [2.05, 4.69) is 10.6 Å². The van der Waals surface area contributed by atoms with Crippen LogP contribution in [0.25, 0.3) is 10.8 Å². The molecule has 2 N–H and O–H groups in total. The Morgan fingerprint density at radius 2 is 1.46 bits per heavy atom. The number of hydrogen-bond donors (Lipinski definition) is 2. The van der Waals surface area contributed by atoms with Gasteiger partial charge in [-0.1, -0.05) is 54.1 Å². The zero-order valence-corrected chi connectivity index (χ0v) is 20.7. The quantitative estimate of drug-likeness (QED) is 0.232. The number of benzene rings is 4. The summed E-state index contributed by atoms with van der Waals surface area (Å²) in [6.45, 7) is -0.412. The fourth-order valence-electron chi connectivity index (χ4n) is 3.62. The van der Waals surface area contributed by atoms with Crippen molar-refractivity contribution in [3.8, 4) is 11.5 Å². The highest BCUT2D eigenvalue weighted by Crippen LogP contribution is 2.30. The molecule has 0 fully saturated rings. The van der Waals surface area contributed by atoms with Gasteiger partial charge in [0.15, 0.2) is 6.61 Å². The molecule has 0 aromatic heterocycles. The number of carbonyl (C=O) groups excluding carboxylic acids is 3. The summed E-state index contributed by atoms with van der Waals surface area (Å²) in [6, 6.07) is 27.6. The third-order valence-electron chi connectivity index (χ3n) is 5.37. The number of halogens is 1. The molecule has 0 heterocycles. The molecule has 0 radical (unpaired) electrons. The Balaban J connectivity index is 1.16. The van der Waals surface area contributed by atoms with Crippen LogP contribution in [0, 0.1) is 0 Å². The summed E-state index contributed by atoms with van der Waals surface area (Å²) in [4.78, 5) is 36.0. The van der Waals surface area contributed by atoms with E-state index in [-0.39, 0.29) is 18.7 Å². The molecule has 0 spiro atoms. The minimum absolute atomic E-state index is 0.0235. The molecule has 4 aromatic rings. The summed E-state index contributed by atoms with van der Waals surface area (Å²) in [5.41, 5.74) is 1.13. The van der Waals surface area contributed by atoms with Crippen molar-refractivity contribution in [1.82, 2.24) is 0 Å². The third-order valence-corrected chi connectivity index (χ3v) is 5.61. The van der Waals surface area contributed by atoms with E-state index >= 15 is 0 Å². The van der Waals surface area contributed by atoms with E-state index < -0.39 is 18.5 Å². The van der Waals surface area contributed by atoms with Gasteiger partial charge in [-0.3, -0.25) is 14.4 Å². The summed E-state index contributed by atoms with van der Waals surface area (Å²) in [6.07, 6.45) is 0.455. The highest BCUT2D eigenvalue weighted by atomic mass is 35.5. The largest absolute Gasteiger partial charge is 0.457 e. The second kappa shape index (κ2) is 12.6. The molecular formula is C29H25ClN2O5. The summed E-state index contributed by atoms with van der Waals surface area (Å²) in [5, 5.41) is 7.98. The zero-order chi connectivity index (χ0) is 26.0. The van der Waals surface area contributed by atoms with Gasteiger partial charge >= 0.3 is 5.97 Å². The van der Waals surface area contributed by atoms with Crippen LogP contribution in [0.3, 0.4) is 0 Å². The first-order valence-corrected chi connectivity index (χ1v) is 12.1. The maximum atomic E-state index is 12.2. The SMILES string of the molecule is O=C(CCCC(=O)OCC(=O)Nc1cccc(Cl)c1)Nc1ccc(Oc2cccc3ccccc23)cc1. The first kappa shape index (κ1) is 25.7. The smallest absolute Gasteiger partial charge is 0.306 e. The number of anilines is 2. The summed E-state index contributed by atoms with van der Waals surface area (Å²) < 4.78 is 11.0. The maximum absolute atomic E-state index is 12.2. The predicted molar refractivity (Wildman–Crippen MR) is 144 cm³/mol. The summed E-state index contributed by atoms with van der Waals surface area (Å²) in [5.74, 6) is 0.152. The average molecular weight is 517 g/mol. The van der Waals surface area contributed by atoms with Gasteiger partial charge in [0.05, 0.1) is 0 Å². The molecule has 0 aliphatic rings. The molecule has 2 amide bonds. The summed E-state index contributed by atoms with van der Waals surface area (Å²) in [7, 11) is 0. The lowest BCUT2D eigenvalue weighted by molar-refractivity contribution is -0.147. The van der Waals surface area contributed by atoms with Gasteiger partial charge in [-0.05, 0) is 60.3 Å². The van der Waals surface area contributed by atoms with Crippen LogP contribution in [0.4, 0.5) is 11.4 Å². The number of hydrogen-bond acceptors (Lipinski definition) is 5. The number of esters is 1. The van der Waals surface area contributed by atoms with Gasteiger partial charge in [0.25, 0.3) is 5.91 Å². The van der Waals surface area contributed by atoms with Gasteiger partial charge < -0.3 is 20.1 Å². The molecule has 37 heavy (non-hydrogen) atoms. The molecule has 0 saturated heterocycles. The Bertz CT molecular complexity index is 1400. The molecule has 0 aliphatic heterocycles. The van der Waals surface area contributed by atoms with Crippen LogP contribution in [0.15, 0.2) is 91.0 Å². The van der Waals surface area contributed by atoms with Crippen molar-refractivity contribution in [1.29, 1.82) is 0 Å². The number of carbonyl (C=O) groups is 3. The highest BCUT2D eigenvalue weighted by Gasteiger charge is 2.10. The van der Waals surface area contributed by atoms with Gasteiger partial charge in [-0.2, -0.15) is 0 Å². The predicted octanol–water partition coefficient (Wildman–Crippen LogP) is 6.58. The number of amides is 2. The lowest BCUT2D eigenvalue weighted by atomic mass is 10.1. The Morgan fingerprint density at radius 3 is 2.27 bits per heavy atom. The molecule has 0 aliphatic carbocycles. The van der Waals surface area contributed by atoms with Crippen molar-refractivity contribution < 1.29 is 23.9 Å². The molecule has 0 bridgehead atoms. The molecule has 4 rings (SSSR count). The normalized spacial score (nSPS) is 10.5. The monoisotopic (exact) mass is 516 g/mol. The van der Waals surface area contributed by atoms with Crippen LogP contribution in [-0.2, 0) is 19.1 Å². The molecule has 188 valence electrons. The van der Waals surface area contributed by atoms with Crippen LogP contribution >= 0.6 is 11.6 Å². The van der Waals surface area contributed by atoms with Gasteiger partial charge in [0.1, 0.15) is 11.5 Å². The van der Waals surface area contributed by atoms with Crippen LogP contribution in [-0.4, -0.2) is 24.4 Å². The second-order valence-corrected chi connectivity index (χ2v) is 8.66. The Labute approximate surface area is 219 Å². The van der Waals surface area contributed by atoms with Crippen molar-refractivity contribution >= 4 is 51.5 Å². The van der Waals surface area contributed by atoms with Gasteiger partial charge in [0.2, 0.25) is 5.91 Å². The van der Waals surface area contributed by atoms with Crippen LogP contribution < -0.4 is 15.4 Å².